The molecule has 4 aromatic carbocycles. The molecule has 0 unspecified atom stereocenters. The van der Waals surface area contributed by atoms with Gasteiger partial charge in [0.2, 0.25) is 0 Å². The molecular weight excluding hydrogens is 699 g/mol. The molecule has 1 aliphatic carbocycles. The van der Waals surface area contributed by atoms with Gasteiger partial charge in [-0.1, -0.05) is 129 Å². The van der Waals surface area contributed by atoms with E-state index in [0.717, 1.165) is 21.5 Å². The minimum absolute atomic E-state index is 0.00983. The first-order valence-electron chi connectivity index (χ1n) is 17.5. The number of hydrogen-bond donors (Lipinski definition) is 3. The van der Waals surface area contributed by atoms with Crippen molar-refractivity contribution in [3.63, 3.8) is 0 Å². The van der Waals surface area contributed by atoms with Crippen LogP contribution in [-0.4, -0.2) is 75.7 Å². The molecule has 1 saturated heterocycles. The summed E-state index contributed by atoms with van der Waals surface area (Å²) in [5, 5.41) is 28.2. The molecule has 1 aliphatic heterocycles. The SMILES string of the molecule is Cc1ccc(S(=O)(=O)O[C@@H]2C[C@H](O)[C@](O)(C[C@@H](CO[Si](c3ccccc3)(c3ccccc3)C(C)(C)C)NC(=O)OCc3ccccc3)[C@H]3O[C@@H]23)cc1. The monoisotopic (exact) mass is 745 g/mol. The number of aliphatic hydroxyl groups excluding tert-OH is 1. The van der Waals surface area contributed by atoms with E-state index in [1.807, 2.05) is 73.7 Å². The van der Waals surface area contributed by atoms with Crippen molar-refractivity contribution in [3.05, 3.63) is 126 Å². The van der Waals surface area contributed by atoms with E-state index in [2.05, 4.69) is 50.4 Å². The van der Waals surface area contributed by atoms with Crippen LogP contribution in [0, 0.1) is 6.92 Å². The highest BCUT2D eigenvalue weighted by Crippen LogP contribution is 2.48. The predicted octanol–water partition coefficient (Wildman–Crippen LogP) is 4.59. The van der Waals surface area contributed by atoms with Crippen molar-refractivity contribution >= 4 is 34.9 Å². The zero-order valence-electron chi connectivity index (χ0n) is 29.8. The fourth-order valence-corrected chi connectivity index (χ4v) is 13.0. The lowest BCUT2D eigenvalue weighted by Gasteiger charge is -2.44. The van der Waals surface area contributed by atoms with Crippen molar-refractivity contribution < 1.29 is 41.5 Å². The lowest BCUT2D eigenvalue weighted by atomic mass is 9.77. The summed E-state index contributed by atoms with van der Waals surface area (Å²) in [5.41, 5.74) is -0.154. The van der Waals surface area contributed by atoms with Gasteiger partial charge in [-0.05, 0) is 40.0 Å². The number of carbonyl (C=O) groups excluding carboxylic acids is 1. The molecule has 12 heteroatoms. The summed E-state index contributed by atoms with van der Waals surface area (Å²) in [6.45, 7) is 8.28. The Hall–Kier alpha value is -3.88. The molecule has 1 saturated carbocycles. The second kappa shape index (κ2) is 15.2. The molecule has 2 aliphatic rings. The van der Waals surface area contributed by atoms with E-state index in [-0.39, 0.29) is 36.0 Å². The molecule has 0 aromatic heterocycles. The number of aliphatic hydroxyl groups is 2. The van der Waals surface area contributed by atoms with Crippen molar-refractivity contribution in [1.29, 1.82) is 0 Å². The molecule has 10 nitrogen and oxygen atoms in total. The number of epoxide rings is 1. The van der Waals surface area contributed by atoms with Gasteiger partial charge in [0.1, 0.15) is 30.5 Å². The predicted molar refractivity (Wildman–Crippen MR) is 199 cm³/mol. The summed E-state index contributed by atoms with van der Waals surface area (Å²) in [6.07, 6.45) is -5.25. The second-order valence-corrected chi connectivity index (χ2v) is 20.6. The number of nitrogens with one attached hydrogen (secondary N) is 1. The van der Waals surface area contributed by atoms with Crippen molar-refractivity contribution in [1.82, 2.24) is 5.32 Å². The molecule has 6 atom stereocenters. The quantitative estimate of drug-likeness (QED) is 0.102. The Morgan fingerprint density at radius 3 is 2.04 bits per heavy atom. The first-order chi connectivity index (χ1) is 24.7. The minimum atomic E-state index is -4.17. The number of amides is 1. The minimum Gasteiger partial charge on any atom is -0.445 e. The van der Waals surface area contributed by atoms with Crippen LogP contribution in [0.25, 0.3) is 0 Å². The van der Waals surface area contributed by atoms with Crippen LogP contribution in [0.2, 0.25) is 5.04 Å². The molecule has 3 N–H and O–H groups in total. The maximum Gasteiger partial charge on any atom is 0.407 e. The summed E-state index contributed by atoms with van der Waals surface area (Å²) < 4.78 is 50.3. The molecule has 1 amide bonds. The number of benzene rings is 4. The first kappa shape index (κ1) is 37.9. The molecule has 0 spiro atoms. The van der Waals surface area contributed by atoms with Crippen LogP contribution >= 0.6 is 0 Å². The summed E-state index contributed by atoms with van der Waals surface area (Å²) in [7, 11) is -7.24. The molecule has 0 bridgehead atoms. The van der Waals surface area contributed by atoms with Crippen LogP contribution in [0.1, 0.15) is 44.7 Å². The molecular formula is C40H47NO9SSi. The van der Waals surface area contributed by atoms with Crippen molar-refractivity contribution in [2.75, 3.05) is 6.61 Å². The summed E-state index contributed by atoms with van der Waals surface area (Å²) >= 11 is 0. The average molecular weight is 746 g/mol. The standard InChI is InChI=1S/C40H47NO9SSi/c1-28-20-22-31(23-21-28)51(45,46)50-34-24-35(42)40(44,37-36(34)49-37)25-30(41-38(43)47-26-29-14-8-5-9-15-29)27-48-52(39(2,3)4,32-16-10-6-11-17-32)33-18-12-7-13-19-33/h5-23,30,34-37,42,44H,24-27H2,1-4H3,(H,41,43)/t30-,34+,35-,36-,37-,40+/m0/s1. The highest BCUT2D eigenvalue weighted by molar-refractivity contribution is 7.86. The van der Waals surface area contributed by atoms with E-state index < -0.39 is 60.6 Å². The van der Waals surface area contributed by atoms with E-state index in [1.165, 1.54) is 12.1 Å². The number of aryl methyl sites for hydroxylation is 1. The van der Waals surface area contributed by atoms with Crippen LogP contribution in [0.3, 0.4) is 0 Å². The average Bonchev–Trinajstić information content (AvgIpc) is 3.94. The van der Waals surface area contributed by atoms with Crippen LogP contribution in [0.4, 0.5) is 4.79 Å². The molecule has 6 rings (SSSR count). The van der Waals surface area contributed by atoms with Gasteiger partial charge in [-0.15, -0.1) is 0 Å². The Kier molecular flexibility index (Phi) is 11.1. The Morgan fingerprint density at radius 1 is 0.923 bits per heavy atom. The van der Waals surface area contributed by atoms with Crippen LogP contribution in [0.5, 0.6) is 0 Å². The molecule has 52 heavy (non-hydrogen) atoms. The number of hydrogen-bond acceptors (Lipinski definition) is 9. The first-order valence-corrected chi connectivity index (χ1v) is 20.8. The molecule has 276 valence electrons. The third-order valence-corrected chi connectivity index (χ3v) is 16.4. The largest absolute Gasteiger partial charge is 0.445 e. The van der Waals surface area contributed by atoms with Gasteiger partial charge in [0.25, 0.3) is 18.4 Å². The van der Waals surface area contributed by atoms with Crippen molar-refractivity contribution in [3.8, 4) is 0 Å². The Bertz CT molecular complexity index is 1860. The second-order valence-electron chi connectivity index (χ2n) is 14.7. The Labute approximate surface area is 307 Å². The smallest absolute Gasteiger partial charge is 0.407 e. The van der Waals surface area contributed by atoms with E-state index in [1.54, 1.807) is 12.1 Å². The van der Waals surface area contributed by atoms with Gasteiger partial charge in [-0.2, -0.15) is 8.42 Å². The van der Waals surface area contributed by atoms with Gasteiger partial charge in [0, 0.05) is 12.8 Å². The number of fused-ring (bicyclic) bond motifs is 1. The van der Waals surface area contributed by atoms with E-state index >= 15 is 0 Å². The number of carbonyl (C=O) groups is 1. The fraction of sp³-hybridized carbons (Fsp3) is 0.375. The van der Waals surface area contributed by atoms with Crippen molar-refractivity contribution in [2.45, 2.75) is 93.1 Å². The van der Waals surface area contributed by atoms with Gasteiger partial charge in [0.15, 0.2) is 0 Å². The van der Waals surface area contributed by atoms with Gasteiger partial charge in [0.05, 0.1) is 23.6 Å². The lowest BCUT2D eigenvalue weighted by molar-refractivity contribution is -0.121. The Morgan fingerprint density at radius 2 is 1.48 bits per heavy atom. The number of rotatable bonds is 13. The van der Waals surface area contributed by atoms with Gasteiger partial charge >= 0.3 is 6.09 Å². The molecule has 4 aromatic rings. The van der Waals surface area contributed by atoms with Crippen molar-refractivity contribution in [2.24, 2.45) is 0 Å². The normalized spacial score (nSPS) is 23.7. The maximum absolute atomic E-state index is 13.3. The van der Waals surface area contributed by atoms with Gasteiger partial charge in [-0.3, -0.25) is 4.18 Å². The molecule has 2 fully saturated rings. The van der Waals surface area contributed by atoms with Crippen LogP contribution < -0.4 is 15.7 Å². The summed E-state index contributed by atoms with van der Waals surface area (Å²) in [6, 6.07) is 34.8. The number of ether oxygens (including phenoxy) is 2. The molecule has 1 heterocycles. The van der Waals surface area contributed by atoms with Crippen LogP contribution in [-0.2, 0) is 34.8 Å². The molecule has 0 radical (unpaired) electrons. The third-order valence-electron chi connectivity index (χ3n) is 10.0. The topological polar surface area (TPSA) is 144 Å². The fourth-order valence-electron chi connectivity index (χ4n) is 7.29. The van der Waals surface area contributed by atoms with Gasteiger partial charge < -0.3 is 29.4 Å². The van der Waals surface area contributed by atoms with E-state index in [4.69, 9.17) is 18.1 Å². The van der Waals surface area contributed by atoms with Gasteiger partial charge in [-0.25, -0.2) is 4.79 Å². The maximum atomic E-state index is 13.3. The van der Waals surface area contributed by atoms with E-state index in [0.29, 0.717) is 0 Å². The summed E-state index contributed by atoms with van der Waals surface area (Å²) in [5.74, 6) is 0. The lowest BCUT2D eigenvalue weighted by Crippen LogP contribution is -2.67. The highest BCUT2D eigenvalue weighted by atomic mass is 32.2. The van der Waals surface area contributed by atoms with E-state index in [9.17, 15) is 23.4 Å². The number of alkyl carbamates (subject to hydrolysis) is 1. The highest BCUT2D eigenvalue weighted by Gasteiger charge is 2.66. The van der Waals surface area contributed by atoms with Crippen LogP contribution in [0.15, 0.2) is 120 Å². The zero-order valence-corrected chi connectivity index (χ0v) is 31.7. The zero-order chi connectivity index (χ0) is 37.1. The Balaban J connectivity index is 1.26. The third kappa shape index (κ3) is 8.03. The summed E-state index contributed by atoms with van der Waals surface area (Å²) in [4.78, 5) is 13.3.